The highest BCUT2D eigenvalue weighted by Crippen LogP contribution is 2.22. The minimum atomic E-state index is -3.98. The zero-order valence-electron chi connectivity index (χ0n) is 16.0. The lowest BCUT2D eigenvalue weighted by molar-refractivity contribution is 0.508. The van der Waals surface area contributed by atoms with Crippen LogP contribution < -0.4 is 11.0 Å². The summed E-state index contributed by atoms with van der Waals surface area (Å²) >= 11 is 0. The summed E-state index contributed by atoms with van der Waals surface area (Å²) in [5, 5.41) is 8.85. The Morgan fingerprint density at radius 2 is 1.79 bits per heavy atom. The molecule has 1 N–H and O–H groups in total. The highest BCUT2D eigenvalue weighted by molar-refractivity contribution is 7.91. The molecule has 7 nitrogen and oxygen atoms in total. The Balaban J connectivity index is 2.19. The van der Waals surface area contributed by atoms with Crippen molar-refractivity contribution in [3.05, 3.63) is 76.6 Å². The molecule has 0 amide bonds. The number of hydrogen-bond acceptors (Lipinski definition) is 5. The Kier molecular flexibility index (Phi) is 4.58. The molecule has 3 aromatic heterocycles. The summed E-state index contributed by atoms with van der Waals surface area (Å²) < 4.78 is 29.5. The molecule has 0 fully saturated rings. The maximum Gasteiger partial charge on any atom is 0.267 e. The van der Waals surface area contributed by atoms with Gasteiger partial charge in [-0.1, -0.05) is 31.2 Å². The summed E-state index contributed by atoms with van der Waals surface area (Å²) in [4.78, 5) is 17.6. The summed E-state index contributed by atoms with van der Waals surface area (Å²) in [6.45, 7) is 3.82. The Morgan fingerprint density at radius 3 is 2.48 bits per heavy atom. The zero-order chi connectivity index (χ0) is 20.8. The van der Waals surface area contributed by atoms with E-state index in [0.29, 0.717) is 17.7 Å². The SMILES string of the molecule is CC[C@@H](C)n1c(=N)c(S(=O)(=O)c2ccccc2)cc2c(=O)n3ccccc3nc21. The van der Waals surface area contributed by atoms with Crippen LogP contribution in [0.4, 0.5) is 0 Å². The molecule has 0 aliphatic heterocycles. The van der Waals surface area contributed by atoms with Gasteiger partial charge >= 0.3 is 0 Å². The van der Waals surface area contributed by atoms with E-state index < -0.39 is 9.84 Å². The molecule has 148 valence electrons. The molecule has 0 unspecified atom stereocenters. The molecule has 0 radical (unpaired) electrons. The fourth-order valence-corrected chi connectivity index (χ4v) is 4.76. The van der Waals surface area contributed by atoms with E-state index in [1.807, 2.05) is 13.8 Å². The number of nitrogens with one attached hydrogen (secondary N) is 1. The van der Waals surface area contributed by atoms with E-state index in [1.54, 1.807) is 47.2 Å². The average molecular weight is 408 g/mol. The van der Waals surface area contributed by atoms with Crippen molar-refractivity contribution in [2.75, 3.05) is 0 Å². The van der Waals surface area contributed by atoms with Gasteiger partial charge in [0.2, 0.25) is 9.84 Å². The van der Waals surface area contributed by atoms with Crippen LogP contribution in [0.2, 0.25) is 0 Å². The summed E-state index contributed by atoms with van der Waals surface area (Å²) in [5.74, 6) is 0. The van der Waals surface area contributed by atoms with Gasteiger partial charge in [0, 0.05) is 12.2 Å². The number of benzene rings is 1. The van der Waals surface area contributed by atoms with Crippen molar-refractivity contribution in [3.8, 4) is 0 Å². The summed E-state index contributed by atoms with van der Waals surface area (Å²) in [7, 11) is -3.98. The summed E-state index contributed by atoms with van der Waals surface area (Å²) in [6, 6.07) is 14.2. The quantitative estimate of drug-likeness (QED) is 0.525. The number of hydrogen-bond donors (Lipinski definition) is 1. The fraction of sp³-hybridized carbons (Fsp3) is 0.190. The Bertz CT molecular complexity index is 1450. The predicted octanol–water partition coefficient (Wildman–Crippen LogP) is 2.93. The van der Waals surface area contributed by atoms with E-state index in [4.69, 9.17) is 5.41 Å². The number of fused-ring (bicyclic) bond motifs is 2. The second-order valence-corrected chi connectivity index (χ2v) is 8.80. The molecular formula is C21H20N4O3S. The first kappa shape index (κ1) is 19.1. The molecular weight excluding hydrogens is 388 g/mol. The molecule has 4 aromatic rings. The molecule has 4 rings (SSSR count). The van der Waals surface area contributed by atoms with Crippen molar-refractivity contribution >= 4 is 26.5 Å². The van der Waals surface area contributed by atoms with Crippen LogP contribution in [0.5, 0.6) is 0 Å². The van der Waals surface area contributed by atoms with Crippen LogP contribution in [0, 0.1) is 5.41 Å². The molecule has 0 spiro atoms. The maximum atomic E-state index is 13.3. The molecule has 1 atom stereocenters. The minimum absolute atomic E-state index is 0.0809. The largest absolute Gasteiger partial charge is 0.307 e. The van der Waals surface area contributed by atoms with Crippen molar-refractivity contribution in [1.82, 2.24) is 14.0 Å². The van der Waals surface area contributed by atoms with Crippen molar-refractivity contribution in [1.29, 1.82) is 5.41 Å². The van der Waals surface area contributed by atoms with Gasteiger partial charge < -0.3 is 4.57 Å². The van der Waals surface area contributed by atoms with Gasteiger partial charge in [0.15, 0.2) is 0 Å². The van der Waals surface area contributed by atoms with Gasteiger partial charge in [-0.2, -0.15) is 0 Å². The van der Waals surface area contributed by atoms with E-state index in [1.165, 1.54) is 22.6 Å². The van der Waals surface area contributed by atoms with E-state index in [0.717, 1.165) is 0 Å². The van der Waals surface area contributed by atoms with Crippen LogP contribution in [0.1, 0.15) is 26.3 Å². The highest BCUT2D eigenvalue weighted by atomic mass is 32.2. The van der Waals surface area contributed by atoms with Crippen LogP contribution in [0.15, 0.2) is 75.4 Å². The molecule has 0 aliphatic carbocycles. The van der Waals surface area contributed by atoms with E-state index >= 15 is 0 Å². The summed E-state index contributed by atoms with van der Waals surface area (Å²) in [5.41, 5.74) is 0.211. The molecule has 0 aliphatic rings. The van der Waals surface area contributed by atoms with Crippen LogP contribution in [0.3, 0.4) is 0 Å². The van der Waals surface area contributed by atoms with Crippen molar-refractivity contribution in [2.24, 2.45) is 0 Å². The molecule has 0 bridgehead atoms. The van der Waals surface area contributed by atoms with Crippen LogP contribution in [0.25, 0.3) is 16.7 Å². The van der Waals surface area contributed by atoms with E-state index in [2.05, 4.69) is 4.98 Å². The van der Waals surface area contributed by atoms with Gasteiger partial charge in [0.25, 0.3) is 5.56 Å². The third kappa shape index (κ3) is 2.96. The van der Waals surface area contributed by atoms with Crippen molar-refractivity contribution in [3.63, 3.8) is 0 Å². The topological polar surface area (TPSA) is 97.3 Å². The first-order valence-electron chi connectivity index (χ1n) is 9.27. The van der Waals surface area contributed by atoms with Crippen LogP contribution >= 0.6 is 0 Å². The van der Waals surface area contributed by atoms with Gasteiger partial charge in [-0.15, -0.1) is 0 Å². The predicted molar refractivity (Wildman–Crippen MR) is 110 cm³/mol. The maximum absolute atomic E-state index is 13.3. The average Bonchev–Trinajstić information content (AvgIpc) is 2.73. The normalized spacial score (nSPS) is 13.0. The van der Waals surface area contributed by atoms with Gasteiger partial charge in [0.05, 0.1) is 10.3 Å². The monoisotopic (exact) mass is 408 g/mol. The van der Waals surface area contributed by atoms with E-state index in [9.17, 15) is 13.2 Å². The first-order valence-corrected chi connectivity index (χ1v) is 10.8. The van der Waals surface area contributed by atoms with Crippen LogP contribution in [-0.4, -0.2) is 22.4 Å². The summed E-state index contributed by atoms with van der Waals surface area (Å²) in [6.07, 6.45) is 2.24. The minimum Gasteiger partial charge on any atom is -0.307 e. The second kappa shape index (κ2) is 6.97. The van der Waals surface area contributed by atoms with Gasteiger partial charge in [0.1, 0.15) is 21.7 Å². The zero-order valence-corrected chi connectivity index (χ0v) is 16.8. The Hall–Kier alpha value is -3.26. The van der Waals surface area contributed by atoms with Crippen molar-refractivity contribution < 1.29 is 8.42 Å². The number of nitrogens with zero attached hydrogens (tertiary/aromatic N) is 3. The second-order valence-electron chi connectivity index (χ2n) is 6.88. The smallest absolute Gasteiger partial charge is 0.267 e. The Morgan fingerprint density at radius 1 is 1.10 bits per heavy atom. The number of pyridine rings is 2. The molecule has 0 saturated heterocycles. The first-order chi connectivity index (χ1) is 13.9. The van der Waals surface area contributed by atoms with Gasteiger partial charge in [-0.25, -0.2) is 13.4 Å². The molecule has 8 heteroatoms. The lowest BCUT2D eigenvalue weighted by Crippen LogP contribution is -2.31. The molecule has 3 heterocycles. The third-order valence-corrected chi connectivity index (χ3v) is 6.88. The molecule has 1 aromatic carbocycles. The fourth-order valence-electron chi connectivity index (χ4n) is 3.37. The Labute approximate surface area is 167 Å². The van der Waals surface area contributed by atoms with E-state index in [-0.39, 0.29) is 32.3 Å². The molecule has 29 heavy (non-hydrogen) atoms. The number of aromatic nitrogens is 3. The number of sulfone groups is 1. The lowest BCUT2D eigenvalue weighted by atomic mass is 10.2. The van der Waals surface area contributed by atoms with Gasteiger partial charge in [-0.3, -0.25) is 14.6 Å². The molecule has 0 saturated carbocycles. The van der Waals surface area contributed by atoms with Gasteiger partial charge in [-0.05, 0) is 43.7 Å². The highest BCUT2D eigenvalue weighted by Gasteiger charge is 2.25. The van der Waals surface area contributed by atoms with Crippen molar-refractivity contribution in [2.45, 2.75) is 36.1 Å². The lowest BCUT2D eigenvalue weighted by Gasteiger charge is -2.19. The number of rotatable bonds is 4. The van der Waals surface area contributed by atoms with Crippen LogP contribution in [-0.2, 0) is 9.84 Å². The third-order valence-electron chi connectivity index (χ3n) is 5.10. The standard InChI is InChI=1S/C21H20N4O3S/c1-3-14(2)25-19(22)17(29(27,28)15-9-5-4-6-10-15)13-16-20(25)23-18-11-7-8-12-24(18)21(16)26/h4-14,22H,3H2,1-2H3/t14-/m1/s1.